The number of hydrogen-bond acceptors (Lipinski definition) is 2. The van der Waals surface area contributed by atoms with Crippen molar-refractivity contribution in [2.45, 2.75) is 10.3 Å². The number of alkyl halides is 1. The molecule has 15 heavy (non-hydrogen) atoms. The normalized spacial score (nSPS) is 12.7. The van der Waals surface area contributed by atoms with E-state index in [-0.39, 0.29) is 5.38 Å². The van der Waals surface area contributed by atoms with Crippen LogP contribution in [0.25, 0.3) is 0 Å². The number of hydrogen-bond donors (Lipinski definition) is 0. The van der Waals surface area contributed by atoms with Crippen molar-refractivity contribution in [1.29, 1.82) is 0 Å². The fourth-order valence-corrected chi connectivity index (χ4v) is 3.30. The van der Waals surface area contributed by atoms with Gasteiger partial charge in [0.15, 0.2) is 0 Å². The molecule has 0 nitrogen and oxygen atoms in total. The van der Waals surface area contributed by atoms with Crippen molar-refractivity contribution in [3.63, 3.8) is 0 Å². The van der Waals surface area contributed by atoms with Crippen molar-refractivity contribution in [3.8, 4) is 0 Å². The first-order chi connectivity index (χ1) is 7.33. The quantitative estimate of drug-likeness (QED) is 0.560. The molecular weight excluding hydrogens is 244 g/mol. The van der Waals surface area contributed by atoms with Crippen molar-refractivity contribution in [2.75, 3.05) is 6.26 Å². The SMILES string of the molecule is CSc1ccccc1C(Cl)c1cccs1. The van der Waals surface area contributed by atoms with Crippen LogP contribution in [0.15, 0.2) is 46.7 Å². The van der Waals surface area contributed by atoms with Crippen LogP contribution in [0.2, 0.25) is 0 Å². The van der Waals surface area contributed by atoms with Gasteiger partial charge in [-0.05, 0) is 29.3 Å². The summed E-state index contributed by atoms with van der Waals surface area (Å²) >= 11 is 9.90. The zero-order valence-corrected chi connectivity index (χ0v) is 10.7. The van der Waals surface area contributed by atoms with Gasteiger partial charge in [-0.2, -0.15) is 0 Å². The molecule has 0 saturated carbocycles. The monoisotopic (exact) mass is 254 g/mol. The van der Waals surface area contributed by atoms with E-state index in [1.807, 2.05) is 18.2 Å². The fraction of sp³-hybridized carbons (Fsp3) is 0.167. The van der Waals surface area contributed by atoms with Crippen LogP contribution in [0, 0.1) is 0 Å². The lowest BCUT2D eigenvalue weighted by Crippen LogP contribution is -1.92. The highest BCUT2D eigenvalue weighted by Gasteiger charge is 2.14. The molecule has 0 aliphatic heterocycles. The van der Waals surface area contributed by atoms with Crippen LogP contribution in [0.1, 0.15) is 15.8 Å². The van der Waals surface area contributed by atoms with Gasteiger partial charge < -0.3 is 0 Å². The Morgan fingerprint density at radius 2 is 2.00 bits per heavy atom. The molecule has 0 bridgehead atoms. The van der Waals surface area contributed by atoms with E-state index >= 15 is 0 Å². The van der Waals surface area contributed by atoms with Crippen molar-refractivity contribution < 1.29 is 0 Å². The lowest BCUT2D eigenvalue weighted by molar-refractivity contribution is 1.12. The third-order valence-electron chi connectivity index (χ3n) is 2.20. The first kappa shape index (κ1) is 11.1. The van der Waals surface area contributed by atoms with Gasteiger partial charge in [-0.1, -0.05) is 24.3 Å². The number of benzene rings is 1. The summed E-state index contributed by atoms with van der Waals surface area (Å²) in [7, 11) is 0. The van der Waals surface area contributed by atoms with Gasteiger partial charge in [0.2, 0.25) is 0 Å². The van der Waals surface area contributed by atoms with E-state index < -0.39 is 0 Å². The van der Waals surface area contributed by atoms with Gasteiger partial charge >= 0.3 is 0 Å². The van der Waals surface area contributed by atoms with E-state index in [1.54, 1.807) is 23.1 Å². The highest BCUT2D eigenvalue weighted by Crippen LogP contribution is 2.36. The van der Waals surface area contributed by atoms with Gasteiger partial charge in [-0.3, -0.25) is 0 Å². The smallest absolute Gasteiger partial charge is 0.0938 e. The zero-order valence-electron chi connectivity index (χ0n) is 8.31. The minimum Gasteiger partial charge on any atom is -0.147 e. The van der Waals surface area contributed by atoms with Crippen molar-refractivity contribution in [2.24, 2.45) is 0 Å². The molecule has 0 amide bonds. The predicted octanol–water partition coefficient (Wildman–Crippen LogP) is 4.80. The van der Waals surface area contributed by atoms with Gasteiger partial charge in [-0.25, -0.2) is 0 Å². The highest BCUT2D eigenvalue weighted by molar-refractivity contribution is 7.98. The van der Waals surface area contributed by atoms with Crippen molar-refractivity contribution in [3.05, 3.63) is 52.2 Å². The minimum absolute atomic E-state index is 0.0198. The van der Waals surface area contributed by atoms with E-state index in [4.69, 9.17) is 11.6 Å². The van der Waals surface area contributed by atoms with E-state index in [0.29, 0.717) is 0 Å². The Morgan fingerprint density at radius 1 is 1.20 bits per heavy atom. The summed E-state index contributed by atoms with van der Waals surface area (Å²) in [5, 5.41) is 2.04. The summed E-state index contributed by atoms with van der Waals surface area (Å²) in [4.78, 5) is 2.46. The summed E-state index contributed by atoms with van der Waals surface area (Å²) < 4.78 is 0. The average molecular weight is 255 g/mol. The summed E-state index contributed by atoms with van der Waals surface area (Å²) in [5.41, 5.74) is 1.20. The molecule has 1 heterocycles. The van der Waals surface area contributed by atoms with Crippen molar-refractivity contribution >= 4 is 34.7 Å². The Balaban J connectivity index is 2.37. The second-order valence-corrected chi connectivity index (χ2v) is 5.38. The Bertz CT molecular complexity index is 423. The summed E-state index contributed by atoms with van der Waals surface area (Å²) in [6.45, 7) is 0. The molecule has 1 aromatic heterocycles. The van der Waals surface area contributed by atoms with Crippen LogP contribution in [0.4, 0.5) is 0 Å². The Labute approximate surface area is 103 Å². The maximum Gasteiger partial charge on any atom is 0.0938 e. The summed E-state index contributed by atoms with van der Waals surface area (Å²) in [5.74, 6) is 0. The van der Waals surface area contributed by atoms with Crippen LogP contribution in [0.5, 0.6) is 0 Å². The molecule has 1 unspecified atom stereocenters. The van der Waals surface area contributed by atoms with Gasteiger partial charge in [0.25, 0.3) is 0 Å². The Hall–Kier alpha value is -0.440. The van der Waals surface area contributed by atoms with Gasteiger partial charge in [-0.15, -0.1) is 34.7 Å². The molecule has 78 valence electrons. The second-order valence-electron chi connectivity index (χ2n) is 3.12. The van der Waals surface area contributed by atoms with Crippen LogP contribution in [-0.4, -0.2) is 6.26 Å². The van der Waals surface area contributed by atoms with E-state index in [9.17, 15) is 0 Å². The van der Waals surface area contributed by atoms with Crippen molar-refractivity contribution in [1.82, 2.24) is 0 Å². The second kappa shape index (κ2) is 5.06. The largest absolute Gasteiger partial charge is 0.147 e. The Morgan fingerprint density at radius 3 is 2.67 bits per heavy atom. The third-order valence-corrected chi connectivity index (χ3v) is 4.55. The van der Waals surface area contributed by atoms with E-state index in [0.717, 1.165) is 0 Å². The first-order valence-corrected chi connectivity index (χ1v) is 7.17. The molecule has 0 aliphatic carbocycles. The first-order valence-electron chi connectivity index (χ1n) is 4.63. The minimum atomic E-state index is -0.0198. The maximum atomic E-state index is 6.45. The molecule has 0 saturated heterocycles. The fourth-order valence-electron chi connectivity index (χ4n) is 1.46. The van der Waals surface area contributed by atoms with Crippen LogP contribution >= 0.6 is 34.7 Å². The summed E-state index contributed by atoms with van der Waals surface area (Å²) in [6.07, 6.45) is 2.08. The molecule has 1 aromatic carbocycles. The molecule has 0 spiro atoms. The maximum absolute atomic E-state index is 6.45. The van der Waals surface area contributed by atoms with Crippen LogP contribution < -0.4 is 0 Å². The van der Waals surface area contributed by atoms with Crippen LogP contribution in [-0.2, 0) is 0 Å². The molecule has 0 aliphatic rings. The molecule has 0 fully saturated rings. The highest BCUT2D eigenvalue weighted by atomic mass is 35.5. The van der Waals surface area contributed by atoms with Gasteiger partial charge in [0, 0.05) is 9.77 Å². The van der Waals surface area contributed by atoms with E-state index in [2.05, 4.69) is 29.8 Å². The standard InChI is InChI=1S/C12H11ClS2/c1-14-10-6-3-2-5-9(10)12(13)11-7-4-8-15-11/h2-8,12H,1H3. The number of halogens is 1. The molecular formula is C12H11ClS2. The molecule has 0 radical (unpaired) electrons. The predicted molar refractivity (Wildman–Crippen MR) is 70.2 cm³/mol. The summed E-state index contributed by atoms with van der Waals surface area (Å²) in [6, 6.07) is 12.4. The Kier molecular flexibility index (Phi) is 3.73. The molecule has 0 N–H and O–H groups in total. The third kappa shape index (κ3) is 2.39. The average Bonchev–Trinajstić information content (AvgIpc) is 2.81. The molecule has 2 aromatic rings. The van der Waals surface area contributed by atoms with E-state index in [1.165, 1.54) is 15.3 Å². The molecule has 2 rings (SSSR count). The van der Waals surface area contributed by atoms with Gasteiger partial charge in [0.05, 0.1) is 5.38 Å². The molecule has 3 heteroatoms. The number of thioether (sulfide) groups is 1. The zero-order chi connectivity index (χ0) is 10.7. The lowest BCUT2D eigenvalue weighted by Gasteiger charge is -2.11. The topological polar surface area (TPSA) is 0 Å². The van der Waals surface area contributed by atoms with Gasteiger partial charge in [0.1, 0.15) is 0 Å². The lowest BCUT2D eigenvalue weighted by atomic mass is 10.1. The number of rotatable bonds is 3. The van der Waals surface area contributed by atoms with Crippen LogP contribution in [0.3, 0.4) is 0 Å². The number of thiophene rings is 1. The molecule has 1 atom stereocenters.